The number of benzene rings is 2. The highest BCUT2D eigenvalue weighted by molar-refractivity contribution is 6.75. The van der Waals surface area contributed by atoms with Gasteiger partial charge in [-0.3, -0.25) is 0 Å². The maximum absolute atomic E-state index is 12.1. The minimum absolute atomic E-state index is 0.245. The maximum Gasteiger partial charge on any atom is 0.158 e. The molecule has 0 aromatic heterocycles. The van der Waals surface area contributed by atoms with Gasteiger partial charge >= 0.3 is 0 Å². The summed E-state index contributed by atoms with van der Waals surface area (Å²) in [7, 11) is -0.881. The second kappa shape index (κ2) is 3.86. The molecule has 0 aliphatic carbocycles. The molecule has 0 spiro atoms. The quantitative estimate of drug-likeness (QED) is 0.722. The van der Waals surface area contributed by atoms with Crippen molar-refractivity contribution in [1.82, 2.24) is 0 Å². The van der Waals surface area contributed by atoms with Gasteiger partial charge in [-0.15, -0.1) is 0 Å². The van der Waals surface area contributed by atoms with Crippen LogP contribution in [0.5, 0.6) is 0 Å². The number of rotatable bonds is 2. The van der Waals surface area contributed by atoms with Crippen molar-refractivity contribution in [1.29, 1.82) is 0 Å². The van der Waals surface area contributed by atoms with E-state index in [1.54, 1.807) is 0 Å². The second-order valence-corrected chi connectivity index (χ2v) is 4.38. The van der Waals surface area contributed by atoms with Gasteiger partial charge in [-0.05, 0) is 11.1 Å². The summed E-state index contributed by atoms with van der Waals surface area (Å²) in [5.74, 6) is 0. The van der Waals surface area contributed by atoms with Crippen molar-refractivity contribution in [3.8, 4) is 0 Å². The molecule has 2 nitrogen and oxygen atoms in total. The SMILES string of the molecule is O=C1[BH2-]OC1(c1ccccc1)c1ccccc1. The fourth-order valence-electron chi connectivity index (χ4n) is 2.54. The molecule has 1 aliphatic rings. The first kappa shape index (κ1) is 10.3. The van der Waals surface area contributed by atoms with Gasteiger partial charge < -0.3 is 9.45 Å². The van der Waals surface area contributed by atoms with Crippen LogP contribution in [0.2, 0.25) is 0 Å². The molecule has 0 amide bonds. The Kier molecular flexibility index (Phi) is 2.34. The zero-order valence-electron chi connectivity index (χ0n) is 9.59. The molecule has 1 saturated heterocycles. The molecule has 1 heterocycles. The standard InChI is InChI=1S/C14H12BO2/c16-13-14(17-15-13,11-7-3-1-4-8-11)12-9-5-2-6-10-12/h1-10H,15H2/q-1. The molecular formula is C14H12BO2-. The van der Waals surface area contributed by atoms with Crippen molar-refractivity contribution < 1.29 is 9.45 Å². The van der Waals surface area contributed by atoms with E-state index in [-0.39, 0.29) is 5.68 Å². The van der Waals surface area contributed by atoms with Crippen molar-refractivity contribution in [2.24, 2.45) is 0 Å². The summed E-state index contributed by atoms with van der Waals surface area (Å²) >= 11 is 0. The van der Waals surface area contributed by atoms with Gasteiger partial charge in [0.15, 0.2) is 7.48 Å². The fraction of sp³-hybridized carbons (Fsp3) is 0.0714. The molecule has 1 fully saturated rings. The van der Waals surface area contributed by atoms with Crippen LogP contribution in [-0.2, 0) is 15.0 Å². The highest BCUT2D eigenvalue weighted by atomic mass is 16.5. The van der Waals surface area contributed by atoms with E-state index in [0.717, 1.165) is 11.1 Å². The van der Waals surface area contributed by atoms with E-state index >= 15 is 0 Å². The Morgan fingerprint density at radius 2 is 1.29 bits per heavy atom. The van der Waals surface area contributed by atoms with E-state index in [2.05, 4.69) is 0 Å². The van der Waals surface area contributed by atoms with Crippen LogP contribution in [0.1, 0.15) is 11.1 Å². The average molecular weight is 223 g/mol. The third kappa shape index (κ3) is 1.43. The molecule has 2 aromatic rings. The van der Waals surface area contributed by atoms with Gasteiger partial charge in [-0.25, -0.2) is 0 Å². The molecular weight excluding hydrogens is 211 g/mol. The van der Waals surface area contributed by atoms with E-state index < -0.39 is 13.1 Å². The largest absolute Gasteiger partial charge is 0.574 e. The minimum Gasteiger partial charge on any atom is -0.574 e. The molecule has 2 aromatic carbocycles. The zero-order valence-corrected chi connectivity index (χ0v) is 9.59. The van der Waals surface area contributed by atoms with Crippen LogP contribution in [0.15, 0.2) is 60.7 Å². The predicted molar refractivity (Wildman–Crippen MR) is 68.3 cm³/mol. The topological polar surface area (TPSA) is 26.3 Å². The van der Waals surface area contributed by atoms with Crippen molar-refractivity contribution in [3.05, 3.63) is 71.8 Å². The predicted octanol–water partition coefficient (Wildman–Crippen LogP) is 1.57. The smallest absolute Gasteiger partial charge is 0.158 e. The lowest BCUT2D eigenvalue weighted by molar-refractivity contribution is -0.133. The van der Waals surface area contributed by atoms with Crippen molar-refractivity contribution >= 4 is 13.2 Å². The summed E-state index contributed by atoms with van der Waals surface area (Å²) in [4.78, 5) is 12.1. The number of carbonyl (C=O) groups is 1. The van der Waals surface area contributed by atoms with Gasteiger partial charge in [-0.1, -0.05) is 60.7 Å². The van der Waals surface area contributed by atoms with Gasteiger partial charge in [0.1, 0.15) is 0 Å². The van der Waals surface area contributed by atoms with Crippen molar-refractivity contribution in [2.45, 2.75) is 5.60 Å². The van der Waals surface area contributed by atoms with Gasteiger partial charge in [0.05, 0.1) is 5.60 Å². The van der Waals surface area contributed by atoms with E-state index in [1.165, 1.54) is 0 Å². The van der Waals surface area contributed by atoms with E-state index in [1.807, 2.05) is 60.7 Å². The van der Waals surface area contributed by atoms with Crippen LogP contribution in [0.3, 0.4) is 0 Å². The third-order valence-electron chi connectivity index (χ3n) is 3.45. The Bertz CT molecular complexity index is 497. The lowest BCUT2D eigenvalue weighted by atomic mass is 9.64. The van der Waals surface area contributed by atoms with Crippen LogP contribution in [0.25, 0.3) is 0 Å². The Morgan fingerprint density at radius 1 is 0.824 bits per heavy atom. The molecule has 1 aliphatic heterocycles. The lowest BCUT2D eigenvalue weighted by Gasteiger charge is -2.49. The summed E-state index contributed by atoms with van der Waals surface area (Å²) in [6, 6.07) is 19.5. The summed E-state index contributed by atoms with van der Waals surface area (Å²) in [5, 5.41) is 0. The molecule has 0 atom stereocenters. The van der Waals surface area contributed by atoms with Gasteiger partial charge in [0.25, 0.3) is 0 Å². The zero-order chi connectivity index (χ0) is 11.7. The van der Waals surface area contributed by atoms with Crippen LogP contribution in [0, 0.1) is 0 Å². The Morgan fingerprint density at radius 3 is 1.59 bits per heavy atom. The highest BCUT2D eigenvalue weighted by Gasteiger charge is 2.42. The third-order valence-corrected chi connectivity index (χ3v) is 3.45. The summed E-state index contributed by atoms with van der Waals surface area (Å²) in [5.41, 5.74) is 1.30. The summed E-state index contributed by atoms with van der Waals surface area (Å²) < 4.78 is 5.78. The van der Waals surface area contributed by atoms with Gasteiger partial charge in [-0.2, -0.15) is 0 Å². The van der Waals surface area contributed by atoms with E-state index in [9.17, 15) is 4.79 Å². The average Bonchev–Trinajstić information content (AvgIpc) is 2.40. The van der Waals surface area contributed by atoms with Crippen LogP contribution in [0.4, 0.5) is 0 Å². The lowest BCUT2D eigenvalue weighted by Crippen LogP contribution is -2.54. The monoisotopic (exact) mass is 223 g/mol. The molecule has 0 bridgehead atoms. The Labute approximate surface area is 101 Å². The Balaban J connectivity index is 2.16. The first-order valence-corrected chi connectivity index (χ1v) is 5.89. The second-order valence-electron chi connectivity index (χ2n) is 4.38. The summed E-state index contributed by atoms with van der Waals surface area (Å²) in [6.45, 7) is 0. The Hall–Kier alpha value is -1.87. The first-order valence-electron chi connectivity index (χ1n) is 5.89. The van der Waals surface area contributed by atoms with Crippen LogP contribution >= 0.6 is 0 Å². The molecule has 3 rings (SSSR count). The maximum atomic E-state index is 12.1. The molecule has 84 valence electrons. The number of carbonyl (C=O) groups excluding carboxylic acids is 1. The van der Waals surface area contributed by atoms with E-state index in [4.69, 9.17) is 4.65 Å². The first-order chi connectivity index (χ1) is 8.34. The van der Waals surface area contributed by atoms with Crippen molar-refractivity contribution in [3.63, 3.8) is 0 Å². The number of hydrogen-bond donors (Lipinski definition) is 0. The molecule has 17 heavy (non-hydrogen) atoms. The fourth-order valence-corrected chi connectivity index (χ4v) is 2.54. The molecule has 3 heteroatoms. The summed E-state index contributed by atoms with van der Waals surface area (Å²) in [6.07, 6.45) is 0. The van der Waals surface area contributed by atoms with Crippen LogP contribution in [-0.4, -0.2) is 13.2 Å². The molecule has 0 unspecified atom stereocenters. The normalized spacial score (nSPS) is 17.5. The highest BCUT2D eigenvalue weighted by Crippen LogP contribution is 2.39. The number of hydrogen-bond acceptors (Lipinski definition) is 2. The molecule has 0 N–H and O–H groups in total. The van der Waals surface area contributed by atoms with Gasteiger partial charge in [0, 0.05) is 5.68 Å². The molecule has 0 saturated carbocycles. The van der Waals surface area contributed by atoms with Crippen LogP contribution < -0.4 is 0 Å². The molecule has 0 radical (unpaired) electrons. The van der Waals surface area contributed by atoms with Crippen molar-refractivity contribution in [2.75, 3.05) is 0 Å². The van der Waals surface area contributed by atoms with E-state index in [0.29, 0.717) is 0 Å². The van der Waals surface area contributed by atoms with Gasteiger partial charge in [0.2, 0.25) is 0 Å². The minimum atomic E-state index is -0.881.